The molecule has 0 aliphatic heterocycles. The lowest BCUT2D eigenvalue weighted by atomic mass is 10.2. The van der Waals surface area contributed by atoms with Crippen LogP contribution in [-0.4, -0.2) is 49.8 Å². The third-order valence-electron chi connectivity index (χ3n) is 3.73. The first-order valence-electron chi connectivity index (χ1n) is 8.55. The summed E-state index contributed by atoms with van der Waals surface area (Å²) in [7, 11) is 5.08. The number of carbonyl (C=O) groups is 1. The predicted octanol–water partition coefficient (Wildman–Crippen LogP) is 3.15. The minimum absolute atomic E-state index is 0.0155. The Kier molecular flexibility index (Phi) is 7.43. The van der Waals surface area contributed by atoms with Crippen LogP contribution in [-0.2, 0) is 0 Å². The second-order valence-corrected chi connectivity index (χ2v) is 6.67. The van der Waals surface area contributed by atoms with Crippen LogP contribution in [0.3, 0.4) is 0 Å². The Morgan fingerprint density at radius 2 is 1.67 bits per heavy atom. The molecule has 27 heavy (non-hydrogen) atoms. The molecule has 0 aliphatic rings. The number of anilines is 1. The first-order valence-corrected chi connectivity index (χ1v) is 8.96. The number of methoxy groups -OCH3 is 1. The van der Waals surface area contributed by atoms with Gasteiger partial charge in [0.1, 0.15) is 18.1 Å². The van der Waals surface area contributed by atoms with Crippen LogP contribution in [0.25, 0.3) is 0 Å². The minimum atomic E-state index is -0.0356. The van der Waals surface area contributed by atoms with E-state index in [-0.39, 0.29) is 11.9 Å². The maximum Gasteiger partial charge on any atom is 0.253 e. The molecule has 0 heterocycles. The third kappa shape index (κ3) is 6.45. The van der Waals surface area contributed by atoms with E-state index in [1.54, 1.807) is 38.2 Å². The Bertz CT molecular complexity index is 761. The molecule has 0 fully saturated rings. The van der Waals surface area contributed by atoms with Crippen molar-refractivity contribution in [3.8, 4) is 11.5 Å². The van der Waals surface area contributed by atoms with Crippen LogP contribution in [0, 0.1) is 0 Å². The van der Waals surface area contributed by atoms with Gasteiger partial charge in [-0.2, -0.15) is 0 Å². The maximum atomic E-state index is 11.9. The fourth-order valence-corrected chi connectivity index (χ4v) is 2.60. The number of ether oxygens (including phenoxy) is 2. The van der Waals surface area contributed by atoms with Crippen molar-refractivity contribution in [3.63, 3.8) is 0 Å². The van der Waals surface area contributed by atoms with Gasteiger partial charge in [0.05, 0.1) is 13.2 Å². The SMILES string of the molecule is COc1ccc(OCC(C)NC(=S)Nc2ccc(C(=O)N(C)C)cc2)cc1. The van der Waals surface area contributed by atoms with Gasteiger partial charge in [0.25, 0.3) is 5.91 Å². The van der Waals surface area contributed by atoms with Crippen molar-refractivity contribution in [3.05, 3.63) is 54.1 Å². The number of hydrogen-bond donors (Lipinski definition) is 2. The van der Waals surface area contributed by atoms with Crippen molar-refractivity contribution >= 4 is 28.9 Å². The van der Waals surface area contributed by atoms with Crippen molar-refractivity contribution in [2.45, 2.75) is 13.0 Å². The second-order valence-electron chi connectivity index (χ2n) is 6.26. The van der Waals surface area contributed by atoms with E-state index in [0.29, 0.717) is 17.3 Å². The van der Waals surface area contributed by atoms with E-state index in [4.69, 9.17) is 21.7 Å². The van der Waals surface area contributed by atoms with Gasteiger partial charge >= 0.3 is 0 Å². The van der Waals surface area contributed by atoms with Crippen LogP contribution >= 0.6 is 12.2 Å². The van der Waals surface area contributed by atoms with Crippen molar-refractivity contribution in [2.75, 3.05) is 33.1 Å². The number of nitrogens with one attached hydrogen (secondary N) is 2. The molecule has 1 unspecified atom stereocenters. The summed E-state index contributed by atoms with van der Waals surface area (Å²) >= 11 is 5.33. The summed E-state index contributed by atoms with van der Waals surface area (Å²) < 4.78 is 10.9. The summed E-state index contributed by atoms with van der Waals surface area (Å²) in [6.07, 6.45) is 0. The van der Waals surface area contributed by atoms with Gasteiger partial charge in [-0.05, 0) is 67.7 Å². The van der Waals surface area contributed by atoms with Gasteiger partial charge in [-0.3, -0.25) is 4.79 Å². The van der Waals surface area contributed by atoms with Gasteiger partial charge in [-0.15, -0.1) is 0 Å². The fourth-order valence-electron chi connectivity index (χ4n) is 2.28. The van der Waals surface area contributed by atoms with E-state index in [2.05, 4.69) is 10.6 Å². The number of carbonyl (C=O) groups excluding carboxylic acids is 1. The van der Waals surface area contributed by atoms with Crippen LogP contribution in [0.1, 0.15) is 17.3 Å². The zero-order chi connectivity index (χ0) is 19.8. The molecular weight excluding hydrogens is 362 g/mol. The molecule has 7 heteroatoms. The van der Waals surface area contributed by atoms with Gasteiger partial charge in [0, 0.05) is 25.3 Å². The fraction of sp³-hybridized carbons (Fsp3) is 0.300. The highest BCUT2D eigenvalue weighted by molar-refractivity contribution is 7.80. The van der Waals surface area contributed by atoms with E-state index in [0.717, 1.165) is 17.2 Å². The lowest BCUT2D eigenvalue weighted by molar-refractivity contribution is 0.0827. The Morgan fingerprint density at radius 3 is 2.22 bits per heavy atom. The van der Waals surface area contributed by atoms with E-state index >= 15 is 0 Å². The summed E-state index contributed by atoms with van der Waals surface area (Å²) in [4.78, 5) is 13.4. The lowest BCUT2D eigenvalue weighted by Crippen LogP contribution is -2.39. The van der Waals surface area contributed by atoms with Crippen LogP contribution < -0.4 is 20.1 Å². The van der Waals surface area contributed by atoms with Crippen molar-refractivity contribution in [2.24, 2.45) is 0 Å². The first-order chi connectivity index (χ1) is 12.9. The maximum absolute atomic E-state index is 11.9. The number of nitrogens with zero attached hydrogens (tertiary/aromatic N) is 1. The standard InChI is InChI=1S/C20H25N3O3S/c1-14(13-26-18-11-9-17(25-4)10-12-18)21-20(27)22-16-7-5-15(6-8-16)19(24)23(2)3/h5-12,14H,13H2,1-4H3,(H2,21,22,27). The quantitative estimate of drug-likeness (QED) is 0.712. The van der Waals surface area contributed by atoms with Gasteiger partial charge < -0.3 is 25.0 Å². The third-order valence-corrected chi connectivity index (χ3v) is 3.95. The Hall–Kier alpha value is -2.80. The van der Waals surface area contributed by atoms with Gasteiger partial charge in [0.15, 0.2) is 5.11 Å². The highest BCUT2D eigenvalue weighted by Crippen LogP contribution is 2.17. The summed E-state index contributed by atoms with van der Waals surface area (Å²) in [5, 5.41) is 6.77. The molecule has 0 aliphatic carbocycles. The summed E-state index contributed by atoms with van der Waals surface area (Å²) in [6, 6.07) is 14.6. The minimum Gasteiger partial charge on any atom is -0.497 e. The zero-order valence-corrected chi connectivity index (χ0v) is 16.8. The Balaban J connectivity index is 1.79. The number of hydrogen-bond acceptors (Lipinski definition) is 4. The number of benzene rings is 2. The van der Waals surface area contributed by atoms with E-state index in [1.807, 2.05) is 43.3 Å². The monoisotopic (exact) mass is 387 g/mol. The van der Waals surface area contributed by atoms with E-state index < -0.39 is 0 Å². The molecule has 1 amide bonds. The van der Waals surface area contributed by atoms with E-state index in [1.165, 1.54) is 0 Å². The Labute approximate surface area is 165 Å². The molecule has 0 aromatic heterocycles. The average molecular weight is 388 g/mol. The largest absolute Gasteiger partial charge is 0.497 e. The molecule has 2 rings (SSSR count). The topological polar surface area (TPSA) is 62.8 Å². The molecule has 0 bridgehead atoms. The molecule has 0 saturated carbocycles. The molecule has 0 saturated heterocycles. The molecule has 6 nitrogen and oxygen atoms in total. The van der Waals surface area contributed by atoms with Crippen LogP contribution in [0.2, 0.25) is 0 Å². The molecular formula is C20H25N3O3S. The predicted molar refractivity (Wildman–Crippen MR) is 112 cm³/mol. The number of amides is 1. The van der Waals surface area contributed by atoms with Crippen molar-refractivity contribution in [1.29, 1.82) is 0 Å². The molecule has 2 aromatic rings. The second kappa shape index (κ2) is 9.78. The molecule has 144 valence electrons. The molecule has 1 atom stereocenters. The molecule has 0 spiro atoms. The summed E-state index contributed by atoms with van der Waals surface area (Å²) in [5.74, 6) is 1.52. The number of thiocarbonyl (C=S) groups is 1. The van der Waals surface area contributed by atoms with Crippen LogP contribution in [0.5, 0.6) is 11.5 Å². The summed E-state index contributed by atoms with van der Waals surface area (Å²) in [5.41, 5.74) is 1.44. The zero-order valence-electron chi connectivity index (χ0n) is 16.0. The van der Waals surface area contributed by atoms with Crippen LogP contribution in [0.15, 0.2) is 48.5 Å². The van der Waals surface area contributed by atoms with Gasteiger partial charge in [-0.25, -0.2) is 0 Å². The average Bonchev–Trinajstić information content (AvgIpc) is 2.66. The first kappa shape index (κ1) is 20.5. The lowest BCUT2D eigenvalue weighted by Gasteiger charge is -2.18. The van der Waals surface area contributed by atoms with Crippen molar-refractivity contribution in [1.82, 2.24) is 10.2 Å². The highest BCUT2D eigenvalue weighted by Gasteiger charge is 2.09. The van der Waals surface area contributed by atoms with Gasteiger partial charge in [0.2, 0.25) is 0 Å². The number of rotatable bonds is 7. The van der Waals surface area contributed by atoms with E-state index in [9.17, 15) is 4.79 Å². The van der Waals surface area contributed by atoms with Crippen molar-refractivity contribution < 1.29 is 14.3 Å². The molecule has 0 radical (unpaired) electrons. The normalized spacial score (nSPS) is 11.3. The molecule has 2 aromatic carbocycles. The van der Waals surface area contributed by atoms with Gasteiger partial charge in [-0.1, -0.05) is 0 Å². The molecule has 2 N–H and O–H groups in total. The smallest absolute Gasteiger partial charge is 0.253 e. The van der Waals surface area contributed by atoms with Crippen LogP contribution in [0.4, 0.5) is 5.69 Å². The Morgan fingerprint density at radius 1 is 1.07 bits per heavy atom. The highest BCUT2D eigenvalue weighted by atomic mass is 32.1. The summed E-state index contributed by atoms with van der Waals surface area (Å²) in [6.45, 7) is 2.45.